The molecule has 2 heterocycles. The first-order valence-electron chi connectivity index (χ1n) is 11.1. The molecule has 3 aromatic rings. The fourth-order valence-electron chi connectivity index (χ4n) is 3.86. The SMILES string of the molecule is COc1ccc(CN2C(=O)C(=O)/C(=C(\O)c3cccc(OCC(C)C)c3)C2c2ccco2)cc1. The van der Waals surface area contributed by atoms with Gasteiger partial charge in [0.2, 0.25) is 0 Å². The molecule has 1 amide bonds. The van der Waals surface area contributed by atoms with Gasteiger partial charge in [-0.05, 0) is 47.9 Å². The van der Waals surface area contributed by atoms with Gasteiger partial charge in [0, 0.05) is 12.1 Å². The third kappa shape index (κ3) is 4.69. The Morgan fingerprint density at radius 3 is 2.47 bits per heavy atom. The second kappa shape index (κ2) is 9.87. The highest BCUT2D eigenvalue weighted by atomic mass is 16.5. The number of rotatable bonds is 8. The first-order chi connectivity index (χ1) is 16.4. The molecular weight excluding hydrogens is 434 g/mol. The monoisotopic (exact) mass is 461 g/mol. The summed E-state index contributed by atoms with van der Waals surface area (Å²) in [6.07, 6.45) is 1.48. The maximum Gasteiger partial charge on any atom is 0.296 e. The molecule has 1 saturated heterocycles. The standard InChI is InChI=1S/C27H27NO6/c1-17(2)16-34-21-7-4-6-19(14-21)25(29)23-24(22-8-5-13-33-22)28(27(31)26(23)30)15-18-9-11-20(32-3)12-10-18/h4-14,17,24,29H,15-16H2,1-3H3/b25-23-. The van der Waals surface area contributed by atoms with Gasteiger partial charge in [-0.2, -0.15) is 0 Å². The Kier molecular flexibility index (Phi) is 6.72. The molecule has 4 rings (SSSR count). The maximum atomic E-state index is 13.1. The number of methoxy groups -OCH3 is 1. The van der Waals surface area contributed by atoms with Gasteiger partial charge in [0.05, 0.1) is 25.6 Å². The van der Waals surface area contributed by atoms with E-state index in [-0.39, 0.29) is 17.9 Å². The van der Waals surface area contributed by atoms with Crippen LogP contribution in [0, 0.1) is 5.92 Å². The van der Waals surface area contributed by atoms with Crippen LogP contribution in [0.2, 0.25) is 0 Å². The van der Waals surface area contributed by atoms with Crippen LogP contribution in [0.4, 0.5) is 0 Å². The number of ketones is 1. The molecule has 0 spiro atoms. The summed E-state index contributed by atoms with van der Waals surface area (Å²) in [5, 5.41) is 11.2. The van der Waals surface area contributed by atoms with Crippen molar-refractivity contribution in [1.82, 2.24) is 4.90 Å². The number of carbonyl (C=O) groups is 2. The molecule has 1 atom stereocenters. The number of aliphatic hydroxyl groups is 1. The van der Waals surface area contributed by atoms with Crippen molar-refractivity contribution in [2.24, 2.45) is 5.92 Å². The molecule has 7 heteroatoms. The van der Waals surface area contributed by atoms with Crippen molar-refractivity contribution in [2.45, 2.75) is 26.4 Å². The zero-order valence-electron chi connectivity index (χ0n) is 19.4. The molecular formula is C27H27NO6. The van der Waals surface area contributed by atoms with Crippen LogP contribution < -0.4 is 9.47 Å². The van der Waals surface area contributed by atoms with E-state index in [2.05, 4.69) is 0 Å². The van der Waals surface area contributed by atoms with Crippen LogP contribution in [0.25, 0.3) is 5.76 Å². The van der Waals surface area contributed by atoms with Crippen LogP contribution in [0.5, 0.6) is 11.5 Å². The molecule has 1 aromatic heterocycles. The Bertz CT molecular complexity index is 1190. The minimum absolute atomic E-state index is 0.0190. The van der Waals surface area contributed by atoms with Gasteiger partial charge in [0.25, 0.3) is 11.7 Å². The Hall–Kier alpha value is -4.00. The second-order valence-corrected chi connectivity index (χ2v) is 8.52. The summed E-state index contributed by atoms with van der Waals surface area (Å²) in [6, 6.07) is 16.6. The van der Waals surface area contributed by atoms with Gasteiger partial charge < -0.3 is 23.9 Å². The number of hydrogen-bond donors (Lipinski definition) is 1. The fourth-order valence-corrected chi connectivity index (χ4v) is 3.86. The van der Waals surface area contributed by atoms with Gasteiger partial charge in [0.15, 0.2) is 0 Å². The Morgan fingerprint density at radius 1 is 1.06 bits per heavy atom. The summed E-state index contributed by atoms with van der Waals surface area (Å²) in [4.78, 5) is 27.6. The highest BCUT2D eigenvalue weighted by molar-refractivity contribution is 6.46. The van der Waals surface area contributed by atoms with Gasteiger partial charge in [-0.25, -0.2) is 0 Å². The highest BCUT2D eigenvalue weighted by Gasteiger charge is 2.47. The minimum Gasteiger partial charge on any atom is -0.507 e. The number of Topliss-reactive ketones (excluding diaryl/α,β-unsaturated/α-hetero) is 1. The van der Waals surface area contributed by atoms with Crippen LogP contribution in [-0.2, 0) is 16.1 Å². The summed E-state index contributed by atoms with van der Waals surface area (Å²) in [5.74, 6) is 0.243. The van der Waals surface area contributed by atoms with E-state index in [0.29, 0.717) is 35.3 Å². The van der Waals surface area contributed by atoms with Crippen molar-refractivity contribution in [3.63, 3.8) is 0 Å². The van der Waals surface area contributed by atoms with E-state index in [0.717, 1.165) is 5.56 Å². The number of hydrogen-bond acceptors (Lipinski definition) is 6. The summed E-state index contributed by atoms with van der Waals surface area (Å²) in [5.41, 5.74) is 1.18. The normalized spacial score (nSPS) is 17.4. The van der Waals surface area contributed by atoms with E-state index in [4.69, 9.17) is 13.9 Å². The minimum atomic E-state index is -0.864. The molecule has 0 saturated carbocycles. The summed E-state index contributed by atoms with van der Waals surface area (Å²) >= 11 is 0. The third-order valence-corrected chi connectivity index (χ3v) is 5.56. The highest BCUT2D eigenvalue weighted by Crippen LogP contribution is 2.40. The average molecular weight is 462 g/mol. The van der Waals surface area contributed by atoms with Crippen molar-refractivity contribution >= 4 is 17.4 Å². The number of amides is 1. The molecule has 1 aliphatic heterocycles. The molecule has 0 radical (unpaired) electrons. The first kappa shape index (κ1) is 23.2. The van der Waals surface area contributed by atoms with E-state index in [1.54, 1.807) is 55.6 Å². The zero-order chi connectivity index (χ0) is 24.2. The van der Waals surface area contributed by atoms with Gasteiger partial charge in [-0.15, -0.1) is 0 Å². The van der Waals surface area contributed by atoms with Gasteiger partial charge >= 0.3 is 0 Å². The van der Waals surface area contributed by atoms with Gasteiger partial charge in [-0.1, -0.05) is 38.1 Å². The third-order valence-electron chi connectivity index (χ3n) is 5.56. The van der Waals surface area contributed by atoms with Crippen molar-refractivity contribution in [3.8, 4) is 11.5 Å². The lowest BCUT2D eigenvalue weighted by Crippen LogP contribution is -2.29. The van der Waals surface area contributed by atoms with Crippen molar-refractivity contribution < 1.29 is 28.6 Å². The van der Waals surface area contributed by atoms with Gasteiger partial charge in [0.1, 0.15) is 29.1 Å². The quantitative estimate of drug-likeness (QED) is 0.290. The molecule has 2 aromatic carbocycles. The number of aliphatic hydroxyl groups excluding tert-OH is 1. The first-order valence-corrected chi connectivity index (χ1v) is 11.1. The lowest BCUT2D eigenvalue weighted by Gasteiger charge is -2.23. The molecule has 0 aliphatic carbocycles. The van der Waals surface area contributed by atoms with Crippen LogP contribution >= 0.6 is 0 Å². The fraction of sp³-hybridized carbons (Fsp3) is 0.259. The molecule has 1 aliphatic rings. The van der Waals surface area contributed by atoms with Crippen molar-refractivity contribution in [1.29, 1.82) is 0 Å². The van der Waals surface area contributed by atoms with E-state index < -0.39 is 17.7 Å². The number of ether oxygens (including phenoxy) is 2. The number of nitrogens with zero attached hydrogens (tertiary/aromatic N) is 1. The van der Waals surface area contributed by atoms with Crippen LogP contribution in [-0.4, -0.2) is 35.4 Å². The van der Waals surface area contributed by atoms with Crippen molar-refractivity contribution in [2.75, 3.05) is 13.7 Å². The lowest BCUT2D eigenvalue weighted by atomic mass is 9.99. The summed E-state index contributed by atoms with van der Waals surface area (Å²) in [7, 11) is 1.58. The largest absolute Gasteiger partial charge is 0.507 e. The topological polar surface area (TPSA) is 89.2 Å². The number of carbonyl (C=O) groups excluding carboxylic acids is 2. The predicted molar refractivity (Wildman–Crippen MR) is 126 cm³/mol. The molecule has 1 N–H and O–H groups in total. The molecule has 7 nitrogen and oxygen atoms in total. The van der Waals surface area contributed by atoms with Crippen molar-refractivity contribution in [3.05, 3.63) is 89.4 Å². The summed E-state index contributed by atoms with van der Waals surface area (Å²) in [6.45, 7) is 4.76. The zero-order valence-corrected chi connectivity index (χ0v) is 19.4. The summed E-state index contributed by atoms with van der Waals surface area (Å²) < 4.78 is 16.5. The Labute approximate surface area is 198 Å². The van der Waals surface area contributed by atoms with Crippen LogP contribution in [0.3, 0.4) is 0 Å². The van der Waals surface area contributed by atoms with E-state index in [1.807, 2.05) is 26.0 Å². The maximum absolute atomic E-state index is 13.1. The van der Waals surface area contributed by atoms with Crippen LogP contribution in [0.1, 0.15) is 36.8 Å². The predicted octanol–water partition coefficient (Wildman–Crippen LogP) is 4.94. The molecule has 1 fully saturated rings. The van der Waals surface area contributed by atoms with Gasteiger partial charge in [-0.3, -0.25) is 9.59 Å². The number of likely N-dealkylation sites (tertiary alicyclic amines) is 1. The molecule has 0 bridgehead atoms. The van der Waals surface area contributed by atoms with E-state index >= 15 is 0 Å². The lowest BCUT2D eigenvalue weighted by molar-refractivity contribution is -0.140. The number of furan rings is 1. The Morgan fingerprint density at radius 2 is 1.82 bits per heavy atom. The smallest absolute Gasteiger partial charge is 0.296 e. The van der Waals surface area contributed by atoms with E-state index in [9.17, 15) is 14.7 Å². The average Bonchev–Trinajstić information content (AvgIpc) is 3.46. The second-order valence-electron chi connectivity index (χ2n) is 8.52. The number of benzene rings is 2. The van der Waals surface area contributed by atoms with E-state index in [1.165, 1.54) is 11.2 Å². The molecule has 176 valence electrons. The van der Waals surface area contributed by atoms with Crippen LogP contribution in [0.15, 0.2) is 76.9 Å². The molecule has 34 heavy (non-hydrogen) atoms. The molecule has 1 unspecified atom stereocenters. The Balaban J connectivity index is 1.73.